The number of hydrogen-bond donors (Lipinski definition) is 3. The molecule has 0 aliphatic carbocycles. The van der Waals surface area contributed by atoms with Crippen LogP contribution in [0.25, 0.3) is 0 Å². The van der Waals surface area contributed by atoms with Crippen molar-refractivity contribution in [1.82, 2.24) is 0 Å². The van der Waals surface area contributed by atoms with Gasteiger partial charge in [0.05, 0.1) is 0 Å². The summed E-state index contributed by atoms with van der Waals surface area (Å²) in [5.74, 6) is 0. The molecule has 0 aliphatic rings. The maximum absolute atomic E-state index is 12.1. The second-order valence-electron chi connectivity index (χ2n) is 3.03. The summed E-state index contributed by atoms with van der Waals surface area (Å²) in [5.41, 5.74) is -2.66. The topological polar surface area (TPSA) is 60.7 Å². The van der Waals surface area contributed by atoms with Gasteiger partial charge in [-0.05, 0) is 0 Å². The summed E-state index contributed by atoms with van der Waals surface area (Å²) in [5, 5.41) is 21.5. The van der Waals surface area contributed by atoms with Gasteiger partial charge in [0.25, 0.3) is 0 Å². The second-order valence-corrected chi connectivity index (χ2v) is 3.88. The maximum atomic E-state index is 12.1. The van der Waals surface area contributed by atoms with Crippen molar-refractivity contribution in [2.45, 2.75) is 12.4 Å². The molecule has 3 nitrogen and oxygen atoms in total. The summed E-state index contributed by atoms with van der Waals surface area (Å²) in [6, 6.07) is 1.26. The summed E-state index contributed by atoms with van der Waals surface area (Å²) in [6.07, 6.45) is -9.58. The van der Waals surface area contributed by atoms with E-state index in [9.17, 15) is 26.3 Å². The van der Waals surface area contributed by atoms with E-state index in [1.807, 2.05) is 0 Å². The van der Waals surface area contributed by atoms with Crippen molar-refractivity contribution >= 4 is 11.1 Å². The maximum Gasteiger partial charge on any atom is 0.631 e. The van der Waals surface area contributed by atoms with Crippen LogP contribution < -0.4 is 3.78 Å². The first-order valence-electron chi connectivity index (χ1n) is 4.29. The first-order valence-corrected chi connectivity index (χ1v) is 5.03. The van der Waals surface area contributed by atoms with Gasteiger partial charge in [-0.1, -0.05) is 0 Å². The molecule has 0 saturated heterocycles. The van der Waals surface area contributed by atoms with E-state index in [1.165, 1.54) is 0 Å². The number of hydrogen-bond acceptors (Lipinski definition) is 3. The van der Waals surface area contributed by atoms with Crippen LogP contribution in [0.1, 0.15) is 11.1 Å². The molecular weight excluding hydrogens is 377 g/mol. The Morgan fingerprint density at radius 3 is 1.26 bits per heavy atom. The third-order valence-corrected chi connectivity index (χ3v) is 1.96. The summed E-state index contributed by atoms with van der Waals surface area (Å²) in [7, 11) is -2.17. The van der Waals surface area contributed by atoms with Gasteiger partial charge in [-0.2, -0.15) is 0 Å². The van der Waals surface area contributed by atoms with Crippen LogP contribution in [0.2, 0.25) is 0 Å². The molecule has 0 radical (unpaired) electrons. The van der Waals surface area contributed by atoms with Gasteiger partial charge in [0.15, 0.2) is 0 Å². The van der Waals surface area contributed by atoms with Gasteiger partial charge in [0, 0.05) is 0 Å². The SMILES string of the molecule is FC(F)(F)c1c[c]([Ag])cc(C(F)(F)F)c1.OB(O)O. The smallest absolute Gasteiger partial charge is 0.402 e. The molecule has 0 fully saturated rings. The number of halogens is 6. The standard InChI is InChI=1S/C8H3F6.Ag.BH3O3/c9-7(10,11)5-2-1-3-6(4-5)8(12,13)14;;2-1(3)4/h2-4H;;2-4H. The Bertz CT molecular complexity index is 385. The first-order chi connectivity index (χ1) is 8.34. The third-order valence-electron chi connectivity index (χ3n) is 1.53. The fraction of sp³-hybridized carbons (Fsp3) is 0.250. The quantitative estimate of drug-likeness (QED) is 0.460. The Hall–Kier alpha value is -0.515. The average molecular weight is 383 g/mol. The van der Waals surface area contributed by atoms with Crippen LogP contribution in [0.4, 0.5) is 26.3 Å². The molecule has 112 valence electrons. The summed E-state index contributed by atoms with van der Waals surface area (Å²) in [4.78, 5) is 0. The Balaban J connectivity index is 0.000000711. The molecular formula is C8H6AgBF6O3. The molecule has 0 saturated carbocycles. The molecule has 19 heavy (non-hydrogen) atoms. The summed E-state index contributed by atoms with van der Waals surface area (Å²) < 4.78 is 72.6. The van der Waals surface area contributed by atoms with Crippen molar-refractivity contribution in [3.8, 4) is 0 Å². The van der Waals surface area contributed by atoms with Crippen molar-refractivity contribution < 1.29 is 62.5 Å². The molecule has 1 aromatic carbocycles. The van der Waals surface area contributed by atoms with Crippen molar-refractivity contribution in [2.75, 3.05) is 0 Å². The van der Waals surface area contributed by atoms with Crippen molar-refractivity contribution in [2.24, 2.45) is 0 Å². The molecule has 0 heterocycles. The minimum atomic E-state index is -4.79. The molecule has 0 unspecified atom stereocenters. The fourth-order valence-electron chi connectivity index (χ4n) is 0.893. The largest absolute Gasteiger partial charge is 0.631 e. The van der Waals surface area contributed by atoms with Crippen LogP contribution in [0.5, 0.6) is 0 Å². The normalized spacial score (nSPS) is 11.7. The molecule has 0 bridgehead atoms. The molecule has 0 aliphatic heterocycles. The van der Waals surface area contributed by atoms with Crippen LogP contribution in [0.3, 0.4) is 0 Å². The molecule has 0 aromatic heterocycles. The molecule has 3 N–H and O–H groups in total. The van der Waals surface area contributed by atoms with E-state index in [-0.39, 0.29) is 9.85 Å². The Labute approximate surface area is 116 Å². The van der Waals surface area contributed by atoms with Crippen molar-refractivity contribution in [3.63, 3.8) is 0 Å². The van der Waals surface area contributed by atoms with Gasteiger partial charge in [-0.25, -0.2) is 0 Å². The van der Waals surface area contributed by atoms with Gasteiger partial charge < -0.3 is 15.1 Å². The predicted molar refractivity (Wildman–Crippen MR) is 48.5 cm³/mol. The number of rotatable bonds is 0. The van der Waals surface area contributed by atoms with Crippen LogP contribution in [-0.4, -0.2) is 22.4 Å². The first kappa shape index (κ1) is 18.5. The van der Waals surface area contributed by atoms with Gasteiger partial charge in [0.2, 0.25) is 0 Å². The van der Waals surface area contributed by atoms with Crippen molar-refractivity contribution in [1.29, 1.82) is 0 Å². The van der Waals surface area contributed by atoms with E-state index in [4.69, 9.17) is 15.1 Å². The number of benzene rings is 1. The van der Waals surface area contributed by atoms with Gasteiger partial charge in [-0.3, -0.25) is 0 Å². The fourth-order valence-corrected chi connectivity index (χ4v) is 1.35. The minimum absolute atomic E-state index is 0.0738. The average Bonchev–Trinajstić information content (AvgIpc) is 2.12. The Kier molecular flexibility index (Phi) is 6.59. The third kappa shape index (κ3) is 7.60. The van der Waals surface area contributed by atoms with E-state index in [0.717, 1.165) is 0 Å². The zero-order valence-corrected chi connectivity index (χ0v) is 10.2. The minimum Gasteiger partial charge on any atom is -0.402 e. The van der Waals surface area contributed by atoms with Gasteiger partial charge >= 0.3 is 100 Å². The molecule has 1 aromatic rings. The molecule has 0 atom stereocenters. The zero-order valence-electron chi connectivity index (χ0n) is 8.72. The number of alkyl halides is 6. The van der Waals surface area contributed by atoms with E-state index < -0.39 is 30.8 Å². The summed E-state index contributed by atoms with van der Waals surface area (Å²) in [6.45, 7) is 0. The van der Waals surface area contributed by atoms with E-state index >= 15 is 0 Å². The predicted octanol–water partition coefficient (Wildman–Crippen LogP) is 0.844. The van der Waals surface area contributed by atoms with E-state index in [1.54, 1.807) is 0 Å². The van der Waals surface area contributed by atoms with Crippen molar-refractivity contribution in [3.05, 3.63) is 29.3 Å². The molecule has 11 heteroatoms. The van der Waals surface area contributed by atoms with Crippen LogP contribution in [0.15, 0.2) is 18.2 Å². The Morgan fingerprint density at radius 2 is 1.05 bits per heavy atom. The van der Waals surface area contributed by atoms with Crippen LogP contribution >= 0.6 is 0 Å². The van der Waals surface area contributed by atoms with Crippen LogP contribution in [0, 0.1) is 0 Å². The zero-order chi connectivity index (χ0) is 15.4. The van der Waals surface area contributed by atoms with Crippen LogP contribution in [-0.2, 0) is 33.4 Å². The molecule has 0 amide bonds. The second kappa shape index (κ2) is 6.77. The van der Waals surface area contributed by atoms with E-state index in [0.29, 0.717) is 12.1 Å². The van der Waals surface area contributed by atoms with Gasteiger partial charge in [-0.15, -0.1) is 0 Å². The van der Waals surface area contributed by atoms with Gasteiger partial charge in [0.1, 0.15) is 0 Å². The monoisotopic (exact) mass is 382 g/mol. The summed E-state index contributed by atoms with van der Waals surface area (Å²) >= 11 is 2.62. The molecule has 0 spiro atoms. The Morgan fingerprint density at radius 1 is 0.789 bits per heavy atom. The van der Waals surface area contributed by atoms with E-state index in [2.05, 4.69) is 21.1 Å². The molecule has 1 rings (SSSR count).